The topological polar surface area (TPSA) is 76.4 Å². The standard InChI is InChI=1S/C20H23NO4S/c1-26(22,23)25-15-5-3-2-4-14-24-20-12-10-19(11-13-20)18-8-6-17(16-21)7-9-18/h6-13H,2-5,14-15H2,1H3. The van der Waals surface area contributed by atoms with Crippen LogP contribution in [-0.2, 0) is 14.3 Å². The summed E-state index contributed by atoms with van der Waals surface area (Å²) in [5.74, 6) is 0.822. The summed E-state index contributed by atoms with van der Waals surface area (Å²) in [6.45, 7) is 0.875. The number of rotatable bonds is 10. The van der Waals surface area contributed by atoms with Crippen molar-refractivity contribution in [2.45, 2.75) is 25.7 Å². The van der Waals surface area contributed by atoms with Gasteiger partial charge < -0.3 is 4.74 Å². The van der Waals surface area contributed by atoms with Crippen molar-refractivity contribution in [3.63, 3.8) is 0 Å². The molecule has 0 atom stereocenters. The second-order valence-electron chi connectivity index (χ2n) is 6.00. The van der Waals surface area contributed by atoms with E-state index in [9.17, 15) is 8.42 Å². The van der Waals surface area contributed by atoms with Gasteiger partial charge in [0.2, 0.25) is 0 Å². The van der Waals surface area contributed by atoms with Crippen molar-refractivity contribution in [2.24, 2.45) is 0 Å². The fraction of sp³-hybridized carbons (Fsp3) is 0.350. The Balaban J connectivity index is 1.67. The SMILES string of the molecule is CS(=O)(=O)OCCCCCCOc1ccc(-c2ccc(C#N)cc2)cc1. The van der Waals surface area contributed by atoms with Crippen LogP contribution in [0.15, 0.2) is 48.5 Å². The molecule has 0 aliphatic carbocycles. The first kappa shape index (κ1) is 20.0. The highest BCUT2D eigenvalue weighted by Crippen LogP contribution is 2.23. The second-order valence-corrected chi connectivity index (χ2v) is 7.65. The molecule has 0 aliphatic heterocycles. The Morgan fingerprint density at radius 3 is 1.92 bits per heavy atom. The van der Waals surface area contributed by atoms with Gasteiger partial charge >= 0.3 is 0 Å². The van der Waals surface area contributed by atoms with Gasteiger partial charge in [-0.2, -0.15) is 13.7 Å². The third-order valence-electron chi connectivity index (χ3n) is 3.81. The molecule has 0 saturated heterocycles. The van der Waals surface area contributed by atoms with E-state index < -0.39 is 10.1 Å². The van der Waals surface area contributed by atoms with Crippen LogP contribution in [0.5, 0.6) is 5.75 Å². The lowest BCUT2D eigenvalue weighted by molar-refractivity contribution is 0.290. The van der Waals surface area contributed by atoms with Crippen molar-refractivity contribution >= 4 is 10.1 Å². The number of unbranched alkanes of at least 4 members (excludes halogenated alkanes) is 3. The monoisotopic (exact) mass is 373 g/mol. The Kier molecular flexibility index (Phi) is 7.64. The highest BCUT2D eigenvalue weighted by Gasteiger charge is 2.01. The van der Waals surface area contributed by atoms with E-state index in [1.807, 2.05) is 36.4 Å². The molecule has 0 amide bonds. The lowest BCUT2D eigenvalue weighted by Gasteiger charge is -2.08. The predicted octanol–water partition coefficient (Wildman–Crippen LogP) is 4.14. The van der Waals surface area contributed by atoms with Gasteiger partial charge in [0.05, 0.1) is 31.1 Å². The van der Waals surface area contributed by atoms with Crippen LogP contribution in [0.1, 0.15) is 31.2 Å². The van der Waals surface area contributed by atoms with Crippen LogP contribution in [0.25, 0.3) is 11.1 Å². The van der Waals surface area contributed by atoms with Gasteiger partial charge in [-0.25, -0.2) is 0 Å². The molecule has 0 bridgehead atoms. The van der Waals surface area contributed by atoms with Crippen molar-refractivity contribution < 1.29 is 17.3 Å². The molecule has 0 N–H and O–H groups in total. The van der Waals surface area contributed by atoms with Crippen LogP contribution < -0.4 is 4.74 Å². The van der Waals surface area contributed by atoms with Gasteiger partial charge in [0, 0.05) is 0 Å². The average molecular weight is 373 g/mol. The molecule has 0 fully saturated rings. The Hall–Kier alpha value is -2.36. The van der Waals surface area contributed by atoms with Crippen molar-refractivity contribution in [2.75, 3.05) is 19.5 Å². The first-order valence-electron chi connectivity index (χ1n) is 8.56. The molecule has 2 rings (SSSR count). The molecule has 138 valence electrons. The van der Waals surface area contributed by atoms with Gasteiger partial charge in [0.15, 0.2) is 0 Å². The summed E-state index contributed by atoms with van der Waals surface area (Å²) < 4.78 is 32.0. The van der Waals surface area contributed by atoms with Crippen molar-refractivity contribution in [1.82, 2.24) is 0 Å². The first-order valence-corrected chi connectivity index (χ1v) is 10.4. The molecule has 0 saturated carbocycles. The van der Waals surface area contributed by atoms with Crippen LogP contribution >= 0.6 is 0 Å². The van der Waals surface area contributed by atoms with Crippen molar-refractivity contribution in [3.8, 4) is 22.9 Å². The van der Waals surface area contributed by atoms with Crippen LogP contribution in [0.3, 0.4) is 0 Å². The van der Waals surface area contributed by atoms with E-state index in [0.29, 0.717) is 12.2 Å². The summed E-state index contributed by atoms with van der Waals surface area (Å²) in [5.41, 5.74) is 2.79. The maximum Gasteiger partial charge on any atom is 0.264 e. The fourth-order valence-corrected chi connectivity index (χ4v) is 2.86. The van der Waals surface area contributed by atoms with Crippen molar-refractivity contribution in [1.29, 1.82) is 5.26 Å². The number of nitriles is 1. The largest absolute Gasteiger partial charge is 0.494 e. The summed E-state index contributed by atoms with van der Waals surface area (Å²) in [4.78, 5) is 0. The molecule has 0 radical (unpaired) electrons. The second kappa shape index (κ2) is 9.95. The zero-order valence-corrected chi connectivity index (χ0v) is 15.7. The smallest absolute Gasteiger partial charge is 0.264 e. The Labute approximate surface area is 155 Å². The van der Waals surface area contributed by atoms with Gasteiger partial charge in [-0.05, 0) is 54.7 Å². The first-order chi connectivity index (χ1) is 12.5. The summed E-state index contributed by atoms with van der Waals surface area (Å²) >= 11 is 0. The minimum atomic E-state index is -3.32. The average Bonchev–Trinajstić information content (AvgIpc) is 2.63. The zero-order chi connectivity index (χ0) is 18.8. The molecular formula is C20H23NO4S. The number of ether oxygens (including phenoxy) is 1. The van der Waals surface area contributed by atoms with Crippen LogP contribution in [0, 0.1) is 11.3 Å². The molecule has 6 heteroatoms. The minimum absolute atomic E-state index is 0.247. The molecule has 26 heavy (non-hydrogen) atoms. The maximum atomic E-state index is 10.8. The number of benzene rings is 2. The van der Waals surface area contributed by atoms with Crippen LogP contribution in [0.2, 0.25) is 0 Å². The van der Waals surface area contributed by atoms with E-state index in [1.54, 1.807) is 12.1 Å². The van der Waals surface area contributed by atoms with Crippen molar-refractivity contribution in [3.05, 3.63) is 54.1 Å². The number of nitrogens with zero attached hydrogens (tertiary/aromatic N) is 1. The highest BCUT2D eigenvalue weighted by molar-refractivity contribution is 7.85. The molecule has 2 aromatic carbocycles. The Morgan fingerprint density at radius 2 is 1.38 bits per heavy atom. The fourth-order valence-electron chi connectivity index (χ4n) is 2.44. The molecule has 2 aromatic rings. The molecule has 0 aliphatic rings. The van der Waals surface area contributed by atoms with E-state index in [0.717, 1.165) is 48.8 Å². The van der Waals surface area contributed by atoms with Gasteiger partial charge in [-0.3, -0.25) is 4.18 Å². The lowest BCUT2D eigenvalue weighted by Crippen LogP contribution is -2.04. The Morgan fingerprint density at radius 1 is 0.846 bits per heavy atom. The normalized spacial score (nSPS) is 11.1. The van der Waals surface area contributed by atoms with E-state index in [2.05, 4.69) is 6.07 Å². The third kappa shape index (κ3) is 7.26. The third-order valence-corrected chi connectivity index (χ3v) is 4.40. The lowest BCUT2D eigenvalue weighted by atomic mass is 10.0. The van der Waals surface area contributed by atoms with E-state index in [-0.39, 0.29) is 6.61 Å². The van der Waals surface area contributed by atoms with Gasteiger partial charge in [-0.1, -0.05) is 30.7 Å². The zero-order valence-electron chi connectivity index (χ0n) is 14.8. The summed E-state index contributed by atoms with van der Waals surface area (Å²) in [5, 5.41) is 8.83. The summed E-state index contributed by atoms with van der Waals surface area (Å²) in [6, 6.07) is 17.5. The molecular weight excluding hydrogens is 350 g/mol. The molecule has 0 spiro atoms. The van der Waals surface area contributed by atoms with Crippen LogP contribution in [-0.4, -0.2) is 27.9 Å². The quantitative estimate of drug-likeness (QED) is 0.462. The Bertz CT molecular complexity index is 822. The summed E-state index contributed by atoms with van der Waals surface area (Å²) in [7, 11) is -3.32. The van der Waals surface area contributed by atoms with E-state index in [1.165, 1.54) is 0 Å². The molecule has 0 unspecified atom stereocenters. The minimum Gasteiger partial charge on any atom is -0.494 e. The molecule has 5 nitrogen and oxygen atoms in total. The number of hydrogen-bond acceptors (Lipinski definition) is 5. The van der Waals surface area contributed by atoms with Gasteiger partial charge in [0.1, 0.15) is 5.75 Å². The van der Waals surface area contributed by atoms with E-state index in [4.69, 9.17) is 14.2 Å². The van der Waals surface area contributed by atoms with E-state index >= 15 is 0 Å². The summed E-state index contributed by atoms with van der Waals surface area (Å²) in [6.07, 6.45) is 4.59. The van der Waals surface area contributed by atoms with Crippen LogP contribution in [0.4, 0.5) is 0 Å². The maximum absolute atomic E-state index is 10.8. The highest BCUT2D eigenvalue weighted by atomic mass is 32.2. The predicted molar refractivity (Wildman–Crippen MR) is 101 cm³/mol. The molecule has 0 aromatic heterocycles. The molecule has 0 heterocycles. The van der Waals surface area contributed by atoms with Gasteiger partial charge in [0.25, 0.3) is 10.1 Å². The van der Waals surface area contributed by atoms with Gasteiger partial charge in [-0.15, -0.1) is 0 Å². The number of hydrogen-bond donors (Lipinski definition) is 0.